The molecule has 0 atom stereocenters. The van der Waals surface area contributed by atoms with Crippen LogP contribution >= 0.6 is 11.6 Å². The summed E-state index contributed by atoms with van der Waals surface area (Å²) in [6.07, 6.45) is 3.31. The number of ether oxygens (including phenoxy) is 2. The van der Waals surface area contributed by atoms with Crippen molar-refractivity contribution < 1.29 is 22.7 Å². The highest BCUT2D eigenvalue weighted by Crippen LogP contribution is 2.28. The summed E-state index contributed by atoms with van der Waals surface area (Å²) in [5, 5.41) is 3.00. The minimum absolute atomic E-state index is 0.0350. The first-order chi connectivity index (χ1) is 14.9. The van der Waals surface area contributed by atoms with Gasteiger partial charge in [-0.15, -0.1) is 0 Å². The van der Waals surface area contributed by atoms with Gasteiger partial charge in [-0.25, -0.2) is 8.42 Å². The summed E-state index contributed by atoms with van der Waals surface area (Å²) in [5.41, 5.74) is 1.17. The topological polar surface area (TPSA) is 107 Å². The number of rotatable bonds is 9. The molecule has 8 nitrogen and oxygen atoms in total. The number of halogens is 1. The van der Waals surface area contributed by atoms with Gasteiger partial charge in [-0.2, -0.15) is 0 Å². The van der Waals surface area contributed by atoms with Gasteiger partial charge in [-0.3, -0.25) is 14.5 Å². The van der Waals surface area contributed by atoms with E-state index in [1.165, 1.54) is 37.4 Å². The van der Waals surface area contributed by atoms with Crippen LogP contribution in [0.15, 0.2) is 71.9 Å². The van der Waals surface area contributed by atoms with Crippen molar-refractivity contribution in [2.45, 2.75) is 11.4 Å². The van der Waals surface area contributed by atoms with Crippen molar-refractivity contribution in [3.63, 3.8) is 0 Å². The van der Waals surface area contributed by atoms with Crippen LogP contribution in [0.4, 0.5) is 5.69 Å². The van der Waals surface area contributed by atoms with Crippen molar-refractivity contribution in [3.05, 3.63) is 77.6 Å². The van der Waals surface area contributed by atoms with Crippen molar-refractivity contribution in [2.24, 2.45) is 0 Å². The van der Waals surface area contributed by atoms with Crippen molar-refractivity contribution in [3.8, 4) is 11.5 Å². The number of hydrogen-bond donors (Lipinski definition) is 2. The number of nitrogens with one attached hydrogen (secondary N) is 2. The van der Waals surface area contributed by atoms with Gasteiger partial charge in [0.15, 0.2) is 6.61 Å². The minimum atomic E-state index is -3.83. The third-order valence-electron chi connectivity index (χ3n) is 4.12. The standard InChI is InChI=1S/C21H20ClN3O5S/c1-29-20-9-4-16(11-19(20)22)25-31(27,28)18-7-5-17(6-8-18)30-14-21(26)24-13-15-3-2-10-23-12-15/h2-12,25H,13-14H2,1H3,(H,24,26). The number of carbonyl (C=O) groups is 1. The van der Waals surface area contributed by atoms with Crippen LogP contribution in [0.5, 0.6) is 11.5 Å². The highest BCUT2D eigenvalue weighted by atomic mass is 35.5. The molecule has 1 amide bonds. The molecular formula is C21H20ClN3O5S. The zero-order chi connectivity index (χ0) is 22.3. The van der Waals surface area contributed by atoms with Crippen LogP contribution in [0.2, 0.25) is 5.02 Å². The Morgan fingerprint density at radius 2 is 1.90 bits per heavy atom. The summed E-state index contributed by atoms with van der Waals surface area (Å²) >= 11 is 6.03. The van der Waals surface area contributed by atoms with Crippen LogP contribution in [-0.2, 0) is 21.4 Å². The molecule has 10 heteroatoms. The van der Waals surface area contributed by atoms with E-state index in [0.717, 1.165) is 5.56 Å². The van der Waals surface area contributed by atoms with E-state index in [9.17, 15) is 13.2 Å². The van der Waals surface area contributed by atoms with Gasteiger partial charge in [-0.05, 0) is 54.1 Å². The number of methoxy groups -OCH3 is 1. The molecule has 0 fully saturated rings. The van der Waals surface area contributed by atoms with Crippen LogP contribution in [0, 0.1) is 0 Å². The van der Waals surface area contributed by atoms with Gasteiger partial charge in [0.1, 0.15) is 11.5 Å². The monoisotopic (exact) mass is 461 g/mol. The summed E-state index contributed by atoms with van der Waals surface area (Å²) in [5.74, 6) is 0.497. The Bertz CT molecular complexity index is 1140. The van der Waals surface area contributed by atoms with Gasteiger partial charge < -0.3 is 14.8 Å². The summed E-state index contributed by atoms with van der Waals surface area (Å²) < 4.78 is 38.0. The largest absolute Gasteiger partial charge is 0.495 e. The fourth-order valence-electron chi connectivity index (χ4n) is 2.56. The maximum Gasteiger partial charge on any atom is 0.261 e. The molecule has 0 aliphatic rings. The second-order valence-corrected chi connectivity index (χ2v) is 8.44. The van der Waals surface area contributed by atoms with Crippen LogP contribution in [0.3, 0.4) is 0 Å². The van der Waals surface area contributed by atoms with Crippen molar-refractivity contribution in [1.29, 1.82) is 0 Å². The molecule has 3 rings (SSSR count). The first-order valence-corrected chi connectivity index (χ1v) is 11.0. The highest BCUT2D eigenvalue weighted by molar-refractivity contribution is 7.92. The lowest BCUT2D eigenvalue weighted by Gasteiger charge is -2.11. The van der Waals surface area contributed by atoms with E-state index >= 15 is 0 Å². The van der Waals surface area contributed by atoms with Gasteiger partial charge in [0, 0.05) is 18.9 Å². The number of anilines is 1. The van der Waals surface area contributed by atoms with Crippen LogP contribution in [0.1, 0.15) is 5.56 Å². The number of benzene rings is 2. The van der Waals surface area contributed by atoms with E-state index in [1.54, 1.807) is 30.6 Å². The van der Waals surface area contributed by atoms with Gasteiger partial charge in [-0.1, -0.05) is 17.7 Å². The number of carbonyl (C=O) groups excluding carboxylic acids is 1. The molecule has 1 heterocycles. The van der Waals surface area contributed by atoms with Crippen molar-refractivity contribution >= 4 is 33.2 Å². The number of pyridine rings is 1. The Morgan fingerprint density at radius 3 is 2.55 bits per heavy atom. The molecular weight excluding hydrogens is 442 g/mol. The van der Waals surface area contributed by atoms with E-state index in [0.29, 0.717) is 23.7 Å². The molecule has 0 aliphatic carbocycles. The third kappa shape index (κ3) is 6.34. The number of aromatic nitrogens is 1. The molecule has 0 bridgehead atoms. The number of sulfonamides is 1. The third-order valence-corrected chi connectivity index (χ3v) is 5.81. The molecule has 3 aromatic rings. The Labute approximate surface area is 185 Å². The normalized spacial score (nSPS) is 10.9. The minimum Gasteiger partial charge on any atom is -0.495 e. The Kier molecular flexibility index (Phi) is 7.32. The molecule has 0 spiro atoms. The van der Waals surface area contributed by atoms with Crippen LogP contribution in [-0.4, -0.2) is 33.0 Å². The molecule has 2 aromatic carbocycles. The zero-order valence-electron chi connectivity index (χ0n) is 16.5. The van der Waals surface area contributed by atoms with Gasteiger partial charge in [0.05, 0.1) is 22.7 Å². The first-order valence-electron chi connectivity index (χ1n) is 9.12. The quantitative estimate of drug-likeness (QED) is 0.506. The van der Waals surface area contributed by atoms with Crippen molar-refractivity contribution in [1.82, 2.24) is 10.3 Å². The Hall–Kier alpha value is -3.30. The van der Waals surface area contributed by atoms with Crippen LogP contribution in [0.25, 0.3) is 0 Å². The SMILES string of the molecule is COc1ccc(NS(=O)(=O)c2ccc(OCC(=O)NCc3cccnc3)cc2)cc1Cl. The molecule has 0 radical (unpaired) electrons. The molecule has 1 aromatic heterocycles. The van der Waals surface area contributed by atoms with Gasteiger partial charge >= 0.3 is 0 Å². The number of hydrogen-bond acceptors (Lipinski definition) is 6. The van der Waals surface area contributed by atoms with Crippen LogP contribution < -0.4 is 19.5 Å². The molecule has 2 N–H and O–H groups in total. The molecule has 31 heavy (non-hydrogen) atoms. The lowest BCUT2D eigenvalue weighted by Crippen LogP contribution is -2.28. The van der Waals surface area contributed by atoms with Gasteiger partial charge in [0.25, 0.3) is 15.9 Å². The molecule has 0 saturated carbocycles. The molecule has 0 saturated heterocycles. The predicted octanol–water partition coefficient (Wildman–Crippen LogP) is 3.24. The average molecular weight is 462 g/mol. The highest BCUT2D eigenvalue weighted by Gasteiger charge is 2.15. The Morgan fingerprint density at radius 1 is 1.13 bits per heavy atom. The maximum atomic E-state index is 12.6. The van der Waals surface area contributed by atoms with E-state index in [4.69, 9.17) is 21.1 Å². The first kappa shape index (κ1) is 22.4. The second kappa shape index (κ2) is 10.1. The van der Waals surface area contributed by atoms with E-state index in [-0.39, 0.29) is 22.4 Å². The fourth-order valence-corrected chi connectivity index (χ4v) is 3.87. The smallest absolute Gasteiger partial charge is 0.261 e. The predicted molar refractivity (Wildman–Crippen MR) is 117 cm³/mol. The number of nitrogens with zero attached hydrogens (tertiary/aromatic N) is 1. The lowest BCUT2D eigenvalue weighted by atomic mass is 10.3. The van der Waals surface area contributed by atoms with Gasteiger partial charge in [0.2, 0.25) is 0 Å². The second-order valence-electron chi connectivity index (χ2n) is 6.35. The fraction of sp³-hybridized carbons (Fsp3) is 0.143. The summed E-state index contributed by atoms with van der Waals surface area (Å²) in [7, 11) is -2.36. The summed E-state index contributed by atoms with van der Waals surface area (Å²) in [6.45, 7) is 0.142. The van der Waals surface area contributed by atoms with Crippen molar-refractivity contribution in [2.75, 3.05) is 18.4 Å². The summed E-state index contributed by atoms with van der Waals surface area (Å²) in [6, 6.07) is 13.9. The number of amides is 1. The molecule has 0 aliphatic heterocycles. The van der Waals surface area contributed by atoms with E-state index in [1.807, 2.05) is 6.07 Å². The van der Waals surface area contributed by atoms with E-state index < -0.39 is 10.0 Å². The average Bonchev–Trinajstić information content (AvgIpc) is 2.77. The maximum absolute atomic E-state index is 12.6. The van der Waals surface area contributed by atoms with E-state index in [2.05, 4.69) is 15.0 Å². The lowest BCUT2D eigenvalue weighted by molar-refractivity contribution is -0.123. The summed E-state index contributed by atoms with van der Waals surface area (Å²) in [4.78, 5) is 15.9. The molecule has 162 valence electrons. The molecule has 0 unspecified atom stereocenters. The zero-order valence-corrected chi connectivity index (χ0v) is 18.1. The Balaban J connectivity index is 1.55.